The molecule has 1 unspecified atom stereocenters. The first-order valence-electron chi connectivity index (χ1n) is 4.01. The molecule has 1 aliphatic rings. The van der Waals surface area contributed by atoms with E-state index in [1.807, 2.05) is 0 Å². The number of fused-ring (bicyclic) bond motifs is 1. The number of aliphatic carboxylic acids is 1. The summed E-state index contributed by atoms with van der Waals surface area (Å²) < 4.78 is 1.57. The van der Waals surface area contributed by atoms with Gasteiger partial charge < -0.3 is 5.11 Å². The second kappa shape index (κ2) is 2.99. The molecule has 2 rings (SSSR count). The molecule has 6 heteroatoms. The maximum Gasteiger partial charge on any atom is 0.314 e. The van der Waals surface area contributed by atoms with E-state index in [9.17, 15) is 4.79 Å². The van der Waals surface area contributed by atoms with Crippen LogP contribution in [0.4, 0.5) is 0 Å². The lowest BCUT2D eigenvalue weighted by Gasteiger charge is -2.17. The van der Waals surface area contributed by atoms with Gasteiger partial charge in [-0.1, -0.05) is 0 Å². The van der Waals surface area contributed by atoms with E-state index in [4.69, 9.17) is 16.7 Å². The van der Waals surface area contributed by atoms with Crippen LogP contribution in [0, 0.1) is 0 Å². The fraction of sp³-hybridized carbons (Fsp3) is 0.571. The highest BCUT2D eigenvalue weighted by Crippen LogP contribution is 2.26. The first kappa shape index (κ1) is 8.50. The van der Waals surface area contributed by atoms with Crippen LogP contribution in [-0.4, -0.2) is 25.8 Å². The Morgan fingerprint density at radius 1 is 1.69 bits per heavy atom. The molecular formula is C7H8ClN3O2. The van der Waals surface area contributed by atoms with Gasteiger partial charge in [0.25, 0.3) is 0 Å². The van der Waals surface area contributed by atoms with Gasteiger partial charge >= 0.3 is 5.97 Å². The number of hydrogen-bond acceptors (Lipinski definition) is 3. The van der Waals surface area contributed by atoms with Gasteiger partial charge in [-0.05, 0) is 24.4 Å². The Labute approximate surface area is 79.3 Å². The number of rotatable bonds is 1. The summed E-state index contributed by atoms with van der Waals surface area (Å²) in [7, 11) is 0. The van der Waals surface area contributed by atoms with Crippen LogP contribution in [0.2, 0.25) is 5.28 Å². The number of hydrogen-bond donors (Lipinski definition) is 1. The van der Waals surface area contributed by atoms with Crippen molar-refractivity contribution < 1.29 is 9.90 Å². The van der Waals surface area contributed by atoms with Crippen LogP contribution in [0.25, 0.3) is 0 Å². The standard InChI is InChI=1S/C7H8ClN3O2/c8-7-9-5-4(6(12)13)2-1-3-11(5)10-7/h4H,1-3H2,(H,12,13). The molecule has 70 valence electrons. The van der Waals surface area contributed by atoms with Crippen LogP contribution >= 0.6 is 11.6 Å². The number of carbonyl (C=O) groups is 1. The van der Waals surface area contributed by atoms with Crippen molar-refractivity contribution in [3.05, 3.63) is 11.1 Å². The average molecular weight is 202 g/mol. The van der Waals surface area contributed by atoms with Crippen molar-refractivity contribution in [1.82, 2.24) is 14.8 Å². The molecule has 1 N–H and O–H groups in total. The predicted octanol–water partition coefficient (Wildman–Crippen LogP) is 0.893. The van der Waals surface area contributed by atoms with Crippen LogP contribution in [0.3, 0.4) is 0 Å². The summed E-state index contributed by atoms with van der Waals surface area (Å²) in [5.41, 5.74) is 0. The number of halogens is 1. The Hall–Kier alpha value is -1.10. The minimum absolute atomic E-state index is 0.128. The fourth-order valence-electron chi connectivity index (χ4n) is 1.56. The summed E-state index contributed by atoms with van der Waals surface area (Å²) in [6.07, 6.45) is 1.42. The van der Waals surface area contributed by atoms with E-state index < -0.39 is 11.9 Å². The third-order valence-electron chi connectivity index (χ3n) is 2.15. The molecule has 0 spiro atoms. The first-order chi connectivity index (χ1) is 6.18. The highest BCUT2D eigenvalue weighted by Gasteiger charge is 2.29. The highest BCUT2D eigenvalue weighted by molar-refractivity contribution is 6.28. The van der Waals surface area contributed by atoms with Crippen LogP contribution < -0.4 is 0 Å². The molecule has 0 radical (unpaired) electrons. The van der Waals surface area contributed by atoms with Gasteiger partial charge in [-0.25, -0.2) is 9.67 Å². The van der Waals surface area contributed by atoms with E-state index in [0.29, 0.717) is 18.8 Å². The van der Waals surface area contributed by atoms with Gasteiger partial charge in [0.15, 0.2) is 0 Å². The van der Waals surface area contributed by atoms with Crippen molar-refractivity contribution in [2.24, 2.45) is 0 Å². The zero-order valence-corrected chi connectivity index (χ0v) is 7.53. The molecule has 13 heavy (non-hydrogen) atoms. The van der Waals surface area contributed by atoms with Crippen molar-refractivity contribution in [2.45, 2.75) is 25.3 Å². The molecule has 0 bridgehead atoms. The fourth-order valence-corrected chi connectivity index (χ4v) is 1.73. The third-order valence-corrected chi connectivity index (χ3v) is 2.31. The molecule has 0 aromatic carbocycles. The summed E-state index contributed by atoms with van der Waals surface area (Å²) in [5.74, 6) is -0.928. The predicted molar refractivity (Wildman–Crippen MR) is 44.6 cm³/mol. The van der Waals surface area contributed by atoms with Crippen LogP contribution in [0.1, 0.15) is 24.6 Å². The van der Waals surface area contributed by atoms with Crippen molar-refractivity contribution in [3.63, 3.8) is 0 Å². The minimum Gasteiger partial charge on any atom is -0.481 e. The second-order valence-electron chi connectivity index (χ2n) is 3.00. The summed E-state index contributed by atoms with van der Waals surface area (Å²) in [6.45, 7) is 0.707. The number of nitrogens with zero attached hydrogens (tertiary/aromatic N) is 3. The van der Waals surface area contributed by atoms with Gasteiger partial charge in [0.05, 0.1) is 0 Å². The van der Waals surface area contributed by atoms with E-state index in [0.717, 1.165) is 6.42 Å². The van der Waals surface area contributed by atoms with Crippen molar-refractivity contribution >= 4 is 17.6 Å². The Balaban J connectivity index is 2.41. The van der Waals surface area contributed by atoms with Gasteiger partial charge in [-0.15, -0.1) is 5.10 Å². The Bertz CT molecular complexity index is 350. The van der Waals surface area contributed by atoms with Gasteiger partial charge in [0.1, 0.15) is 11.7 Å². The topological polar surface area (TPSA) is 68.0 Å². The van der Waals surface area contributed by atoms with E-state index in [2.05, 4.69) is 10.1 Å². The maximum absolute atomic E-state index is 10.8. The molecule has 0 saturated carbocycles. The highest BCUT2D eigenvalue weighted by atomic mass is 35.5. The lowest BCUT2D eigenvalue weighted by atomic mass is 10.00. The summed E-state index contributed by atoms with van der Waals surface area (Å²) in [6, 6.07) is 0. The van der Waals surface area contributed by atoms with E-state index >= 15 is 0 Å². The molecule has 2 heterocycles. The number of aromatic nitrogens is 3. The molecule has 1 aromatic rings. The second-order valence-corrected chi connectivity index (χ2v) is 3.33. The summed E-state index contributed by atoms with van der Waals surface area (Å²) >= 11 is 5.58. The lowest BCUT2D eigenvalue weighted by Crippen LogP contribution is -2.22. The molecule has 1 aliphatic heterocycles. The summed E-state index contributed by atoms with van der Waals surface area (Å²) in [5, 5.41) is 12.9. The number of aryl methyl sites for hydroxylation is 1. The summed E-state index contributed by atoms with van der Waals surface area (Å²) in [4.78, 5) is 14.7. The minimum atomic E-state index is -0.856. The molecule has 0 saturated heterocycles. The molecule has 0 fully saturated rings. The molecule has 1 aromatic heterocycles. The number of carboxylic acid groups (broad SMARTS) is 1. The van der Waals surface area contributed by atoms with Gasteiger partial charge in [-0.2, -0.15) is 0 Å². The SMILES string of the molecule is O=C(O)C1CCCn2nc(Cl)nc21. The van der Waals surface area contributed by atoms with Gasteiger partial charge in [0, 0.05) is 6.54 Å². The first-order valence-corrected chi connectivity index (χ1v) is 4.39. The number of carboxylic acids is 1. The Morgan fingerprint density at radius 2 is 2.46 bits per heavy atom. The average Bonchev–Trinajstić information content (AvgIpc) is 2.43. The smallest absolute Gasteiger partial charge is 0.314 e. The van der Waals surface area contributed by atoms with E-state index in [1.165, 1.54) is 0 Å². The quantitative estimate of drug-likeness (QED) is 0.733. The molecule has 0 amide bonds. The van der Waals surface area contributed by atoms with Gasteiger partial charge in [-0.3, -0.25) is 4.79 Å². The lowest BCUT2D eigenvalue weighted by molar-refractivity contribution is -0.139. The molecular weight excluding hydrogens is 194 g/mol. The molecule has 0 aliphatic carbocycles. The van der Waals surface area contributed by atoms with Crippen molar-refractivity contribution in [1.29, 1.82) is 0 Å². The Morgan fingerprint density at radius 3 is 3.15 bits per heavy atom. The van der Waals surface area contributed by atoms with E-state index in [-0.39, 0.29) is 5.28 Å². The van der Waals surface area contributed by atoms with E-state index in [1.54, 1.807) is 4.68 Å². The molecule has 5 nitrogen and oxygen atoms in total. The van der Waals surface area contributed by atoms with Crippen LogP contribution in [0.5, 0.6) is 0 Å². The van der Waals surface area contributed by atoms with Crippen LogP contribution in [0.15, 0.2) is 0 Å². The maximum atomic E-state index is 10.8. The molecule has 1 atom stereocenters. The normalized spacial score (nSPS) is 21.2. The zero-order valence-electron chi connectivity index (χ0n) is 6.77. The monoisotopic (exact) mass is 201 g/mol. The third kappa shape index (κ3) is 1.39. The van der Waals surface area contributed by atoms with Gasteiger partial charge in [0.2, 0.25) is 5.28 Å². The van der Waals surface area contributed by atoms with Crippen molar-refractivity contribution in [2.75, 3.05) is 0 Å². The zero-order chi connectivity index (χ0) is 9.42. The van der Waals surface area contributed by atoms with Crippen LogP contribution in [-0.2, 0) is 11.3 Å². The van der Waals surface area contributed by atoms with Crippen molar-refractivity contribution in [3.8, 4) is 0 Å². The largest absolute Gasteiger partial charge is 0.481 e. The Kier molecular flexibility index (Phi) is 1.95.